The van der Waals surface area contributed by atoms with Gasteiger partial charge in [0.1, 0.15) is 5.60 Å². The number of rotatable bonds is 0. The minimum Gasteiger partial charge on any atom is -0.458 e. The van der Waals surface area contributed by atoms with Crippen molar-refractivity contribution in [3.63, 3.8) is 0 Å². The van der Waals surface area contributed by atoms with E-state index in [9.17, 15) is 4.79 Å². The van der Waals surface area contributed by atoms with Gasteiger partial charge in [0.15, 0.2) is 0 Å². The molecular formula is C24H34O2. The maximum absolute atomic E-state index is 12.0. The van der Waals surface area contributed by atoms with Crippen LogP contribution in [0.25, 0.3) is 0 Å². The Balaban J connectivity index is 1.53. The van der Waals surface area contributed by atoms with Gasteiger partial charge in [0.2, 0.25) is 0 Å². The van der Waals surface area contributed by atoms with Crippen LogP contribution in [0.3, 0.4) is 0 Å². The number of carbonyl (C=O) groups is 1. The fourth-order valence-electron chi connectivity index (χ4n) is 8.29. The Morgan fingerprint density at radius 2 is 1.85 bits per heavy atom. The maximum atomic E-state index is 12.0. The van der Waals surface area contributed by atoms with Gasteiger partial charge in [-0.05, 0) is 80.5 Å². The molecule has 5 unspecified atom stereocenters. The van der Waals surface area contributed by atoms with E-state index in [-0.39, 0.29) is 17.0 Å². The van der Waals surface area contributed by atoms with E-state index < -0.39 is 0 Å². The van der Waals surface area contributed by atoms with E-state index in [1.54, 1.807) is 5.57 Å². The van der Waals surface area contributed by atoms with Crippen molar-refractivity contribution < 1.29 is 9.53 Å². The number of carbonyl (C=O) groups excluding carboxylic acids is 1. The lowest BCUT2D eigenvalue weighted by Crippen LogP contribution is -2.56. The largest absolute Gasteiger partial charge is 0.458 e. The summed E-state index contributed by atoms with van der Waals surface area (Å²) in [6, 6.07) is 0. The Hall–Kier alpha value is -1.05. The lowest BCUT2D eigenvalue weighted by molar-refractivity contribution is -0.170. The van der Waals surface area contributed by atoms with Gasteiger partial charge in [0.05, 0.1) is 0 Å². The molecule has 1 spiro atoms. The minimum atomic E-state index is -0.142. The van der Waals surface area contributed by atoms with Gasteiger partial charge in [-0.15, -0.1) is 0 Å². The van der Waals surface area contributed by atoms with Crippen LogP contribution in [0.4, 0.5) is 0 Å². The van der Waals surface area contributed by atoms with Gasteiger partial charge >= 0.3 is 5.97 Å². The molecule has 142 valence electrons. The molecule has 0 amide bonds. The highest BCUT2D eigenvalue weighted by atomic mass is 16.6. The average Bonchev–Trinajstić information content (AvgIpc) is 3.11. The maximum Gasteiger partial charge on any atom is 0.306 e. The van der Waals surface area contributed by atoms with Gasteiger partial charge in [0, 0.05) is 11.8 Å². The molecule has 0 N–H and O–H groups in total. The van der Waals surface area contributed by atoms with E-state index in [2.05, 4.69) is 33.4 Å². The van der Waals surface area contributed by atoms with Crippen molar-refractivity contribution in [2.45, 2.75) is 84.2 Å². The molecule has 0 aromatic carbocycles. The molecule has 7 atom stereocenters. The summed E-state index contributed by atoms with van der Waals surface area (Å²) in [5.41, 5.74) is 3.45. The predicted octanol–water partition coefficient (Wildman–Crippen LogP) is 5.83. The molecule has 1 saturated heterocycles. The van der Waals surface area contributed by atoms with Gasteiger partial charge in [-0.3, -0.25) is 4.79 Å². The second-order valence-corrected chi connectivity index (χ2v) is 10.7. The number of allylic oxidation sites excluding steroid dienone is 3. The molecule has 0 aromatic heterocycles. The molecule has 1 heterocycles. The molecule has 0 aromatic rings. The van der Waals surface area contributed by atoms with Crippen molar-refractivity contribution in [3.05, 3.63) is 23.8 Å². The first kappa shape index (κ1) is 17.1. The Morgan fingerprint density at radius 1 is 1.08 bits per heavy atom. The van der Waals surface area contributed by atoms with Crippen LogP contribution in [-0.4, -0.2) is 11.6 Å². The molecule has 4 fully saturated rings. The van der Waals surface area contributed by atoms with Gasteiger partial charge in [0.25, 0.3) is 0 Å². The summed E-state index contributed by atoms with van der Waals surface area (Å²) >= 11 is 0. The van der Waals surface area contributed by atoms with Crippen molar-refractivity contribution in [1.29, 1.82) is 0 Å². The van der Waals surface area contributed by atoms with Crippen molar-refractivity contribution in [1.82, 2.24) is 0 Å². The van der Waals surface area contributed by atoms with Crippen molar-refractivity contribution in [2.24, 2.45) is 34.5 Å². The van der Waals surface area contributed by atoms with Crippen LogP contribution >= 0.6 is 0 Å². The Kier molecular flexibility index (Phi) is 3.46. The van der Waals surface area contributed by atoms with Crippen molar-refractivity contribution in [3.8, 4) is 0 Å². The molecule has 2 heteroatoms. The zero-order valence-electron chi connectivity index (χ0n) is 16.8. The van der Waals surface area contributed by atoms with E-state index in [1.807, 2.05) is 0 Å². The fraction of sp³-hybridized carbons (Fsp3) is 0.792. The Bertz CT molecular complexity index is 705. The molecule has 26 heavy (non-hydrogen) atoms. The monoisotopic (exact) mass is 354 g/mol. The first-order valence-corrected chi connectivity index (χ1v) is 10.9. The standard InChI is InChI=1S/C24H34O2/c1-15-5-9-22(3)17(13-15)14-16(2)21-18(22)6-10-23(4)19(21)7-11-24(23)12-8-20(25)26-24/h13,16,18-19,21H,1,5-12,14H2,2-4H3/t16-,18?,19?,21?,22?,23?,24-/m1/s1. The van der Waals surface area contributed by atoms with Crippen LogP contribution in [-0.2, 0) is 9.53 Å². The zero-order chi connectivity index (χ0) is 18.3. The molecule has 5 aliphatic rings. The molecule has 4 aliphatic carbocycles. The van der Waals surface area contributed by atoms with Crippen molar-refractivity contribution >= 4 is 5.97 Å². The normalized spacial score (nSPS) is 53.0. The second kappa shape index (κ2) is 5.26. The lowest BCUT2D eigenvalue weighted by atomic mass is 9.44. The molecule has 3 saturated carbocycles. The topological polar surface area (TPSA) is 26.3 Å². The summed E-state index contributed by atoms with van der Waals surface area (Å²) in [7, 11) is 0. The summed E-state index contributed by atoms with van der Waals surface area (Å²) in [6.45, 7) is 11.8. The number of fused-ring (bicyclic) bond motifs is 6. The van der Waals surface area contributed by atoms with Crippen LogP contribution in [0, 0.1) is 34.5 Å². The SMILES string of the molecule is C=C1C=C2C[C@@H](C)C3C(CCC4(C)C3CC[C@@]43CCC(=O)O3)C2(C)CC1. The summed E-state index contributed by atoms with van der Waals surface area (Å²) in [4.78, 5) is 12.0. The first-order chi connectivity index (χ1) is 12.3. The zero-order valence-corrected chi connectivity index (χ0v) is 16.8. The highest BCUT2D eigenvalue weighted by molar-refractivity contribution is 5.72. The van der Waals surface area contributed by atoms with Crippen LogP contribution in [0.5, 0.6) is 0 Å². The van der Waals surface area contributed by atoms with Crippen LogP contribution in [0.1, 0.15) is 78.6 Å². The smallest absolute Gasteiger partial charge is 0.306 e. The van der Waals surface area contributed by atoms with Gasteiger partial charge < -0.3 is 4.74 Å². The van der Waals surface area contributed by atoms with E-state index in [0.29, 0.717) is 11.8 Å². The lowest BCUT2D eigenvalue weighted by Gasteiger charge is -2.61. The third-order valence-electron chi connectivity index (χ3n) is 9.76. The highest BCUT2D eigenvalue weighted by Gasteiger charge is 2.67. The highest BCUT2D eigenvalue weighted by Crippen LogP contribution is 2.70. The van der Waals surface area contributed by atoms with Crippen LogP contribution < -0.4 is 0 Å². The number of hydrogen-bond acceptors (Lipinski definition) is 2. The third-order valence-corrected chi connectivity index (χ3v) is 9.76. The van der Waals surface area contributed by atoms with E-state index in [0.717, 1.165) is 36.5 Å². The quantitative estimate of drug-likeness (QED) is 0.512. The molecule has 0 radical (unpaired) electrons. The minimum absolute atomic E-state index is 0.0497. The van der Waals surface area contributed by atoms with E-state index >= 15 is 0 Å². The van der Waals surface area contributed by atoms with Crippen LogP contribution in [0.15, 0.2) is 23.8 Å². The van der Waals surface area contributed by atoms with Crippen molar-refractivity contribution in [2.75, 3.05) is 0 Å². The van der Waals surface area contributed by atoms with Crippen LogP contribution in [0.2, 0.25) is 0 Å². The Morgan fingerprint density at radius 3 is 2.58 bits per heavy atom. The molecular weight excluding hydrogens is 320 g/mol. The molecule has 1 aliphatic heterocycles. The number of hydrogen-bond donors (Lipinski definition) is 0. The average molecular weight is 355 g/mol. The molecule has 0 bridgehead atoms. The summed E-state index contributed by atoms with van der Waals surface area (Å²) in [6.07, 6.45) is 12.7. The van der Waals surface area contributed by atoms with Gasteiger partial charge in [-0.2, -0.15) is 0 Å². The third kappa shape index (κ3) is 1.97. The van der Waals surface area contributed by atoms with E-state index in [1.165, 1.54) is 44.1 Å². The second-order valence-electron chi connectivity index (χ2n) is 10.7. The summed E-state index contributed by atoms with van der Waals surface area (Å²) < 4.78 is 6.08. The fourth-order valence-corrected chi connectivity index (χ4v) is 8.29. The first-order valence-electron chi connectivity index (χ1n) is 10.9. The van der Waals surface area contributed by atoms with Gasteiger partial charge in [-0.1, -0.05) is 44.6 Å². The number of ether oxygens (including phenoxy) is 1. The molecule has 2 nitrogen and oxygen atoms in total. The van der Waals surface area contributed by atoms with Gasteiger partial charge in [-0.25, -0.2) is 0 Å². The van der Waals surface area contributed by atoms with E-state index in [4.69, 9.17) is 4.74 Å². The molecule has 5 rings (SSSR count). The summed E-state index contributed by atoms with van der Waals surface area (Å²) in [5, 5.41) is 0. The summed E-state index contributed by atoms with van der Waals surface area (Å²) in [5.74, 6) is 3.11. The number of esters is 1. The predicted molar refractivity (Wildman–Crippen MR) is 103 cm³/mol. The Labute approximate surface area is 158 Å².